The predicted octanol–water partition coefficient (Wildman–Crippen LogP) is 1.38. The summed E-state index contributed by atoms with van der Waals surface area (Å²) in [4.78, 5) is 6.10. The zero-order valence-corrected chi connectivity index (χ0v) is 17.6. The van der Waals surface area contributed by atoms with Gasteiger partial charge in [0.05, 0.1) is 18.0 Å². The van der Waals surface area contributed by atoms with E-state index >= 15 is 0 Å². The molecule has 0 aliphatic rings. The van der Waals surface area contributed by atoms with Crippen molar-refractivity contribution in [3.63, 3.8) is 0 Å². The van der Waals surface area contributed by atoms with E-state index in [-0.39, 0.29) is 17.2 Å². The Kier molecular flexibility index (Phi) is 6.61. The van der Waals surface area contributed by atoms with Crippen molar-refractivity contribution in [3.05, 3.63) is 71.1 Å². The van der Waals surface area contributed by atoms with Crippen LogP contribution in [0.5, 0.6) is 0 Å². The molecule has 3 N–H and O–H groups in total. The van der Waals surface area contributed by atoms with E-state index in [2.05, 4.69) is 10.1 Å². The van der Waals surface area contributed by atoms with Crippen LogP contribution in [0, 0.1) is 12.7 Å². The molecule has 30 heavy (non-hydrogen) atoms. The molecule has 0 saturated carbocycles. The van der Waals surface area contributed by atoms with Crippen LogP contribution in [-0.2, 0) is 23.0 Å². The molecule has 0 saturated heterocycles. The van der Waals surface area contributed by atoms with E-state index in [1.165, 1.54) is 16.8 Å². The molecule has 0 atom stereocenters. The molecule has 8 nitrogen and oxygen atoms in total. The lowest BCUT2D eigenvalue weighted by Gasteiger charge is -2.11. The highest BCUT2D eigenvalue weighted by Gasteiger charge is 2.18. The number of halogens is 1. The average Bonchev–Trinajstić information content (AvgIpc) is 3.02. The van der Waals surface area contributed by atoms with Gasteiger partial charge in [-0.15, -0.1) is 5.10 Å². The van der Waals surface area contributed by atoms with Gasteiger partial charge in [-0.1, -0.05) is 29.8 Å². The van der Waals surface area contributed by atoms with Crippen molar-refractivity contribution in [2.24, 2.45) is 5.14 Å². The summed E-state index contributed by atoms with van der Waals surface area (Å²) in [6, 6.07) is 11.3. The number of sulfonamides is 1. The van der Waals surface area contributed by atoms with Crippen LogP contribution in [0.2, 0.25) is 0 Å². The number of likely N-dealkylation sites (N-methyl/N-ethyl adjacent to an activating group) is 1. The quantitative estimate of drug-likeness (QED) is 0.555. The number of aliphatic hydroxyl groups excluding tert-OH is 1. The second-order valence-electron chi connectivity index (χ2n) is 7.14. The molecule has 2 aromatic carbocycles. The summed E-state index contributed by atoms with van der Waals surface area (Å²) in [7, 11) is -2.20. The van der Waals surface area contributed by atoms with Crippen LogP contribution in [0.3, 0.4) is 0 Å². The van der Waals surface area contributed by atoms with Gasteiger partial charge in [-0.25, -0.2) is 27.6 Å². The molecule has 0 spiro atoms. The van der Waals surface area contributed by atoms with Crippen LogP contribution in [0.25, 0.3) is 5.69 Å². The lowest BCUT2D eigenvalue weighted by atomic mass is 10.1. The number of hydrogen-bond donors (Lipinski definition) is 2. The van der Waals surface area contributed by atoms with Crippen molar-refractivity contribution in [2.75, 3.05) is 20.2 Å². The summed E-state index contributed by atoms with van der Waals surface area (Å²) in [5.41, 5.74) is 2.15. The first-order valence-corrected chi connectivity index (χ1v) is 10.8. The number of benzene rings is 2. The molecule has 0 aliphatic heterocycles. The number of primary sulfonamides is 1. The SMILES string of the molecule is Cc1cccc(Cc2nc(CN(C)CCO)nn2-c2ccc(S(N)(=O)=O)cc2F)c1. The fourth-order valence-corrected chi connectivity index (χ4v) is 3.62. The van der Waals surface area contributed by atoms with Gasteiger partial charge in [0.1, 0.15) is 17.3 Å². The number of nitrogens with zero attached hydrogens (tertiary/aromatic N) is 4. The molecule has 3 aromatic rings. The zero-order valence-electron chi connectivity index (χ0n) is 16.8. The van der Waals surface area contributed by atoms with Crippen molar-refractivity contribution < 1.29 is 17.9 Å². The molecular formula is C20H24FN5O3S. The van der Waals surface area contributed by atoms with E-state index in [4.69, 9.17) is 10.2 Å². The van der Waals surface area contributed by atoms with Gasteiger partial charge in [-0.05, 0) is 37.7 Å². The molecule has 0 unspecified atom stereocenters. The maximum atomic E-state index is 14.8. The molecule has 0 amide bonds. The van der Waals surface area contributed by atoms with Crippen LogP contribution in [-0.4, -0.2) is 53.4 Å². The van der Waals surface area contributed by atoms with Crippen molar-refractivity contribution in [3.8, 4) is 5.69 Å². The smallest absolute Gasteiger partial charge is 0.238 e. The maximum absolute atomic E-state index is 14.8. The summed E-state index contributed by atoms with van der Waals surface area (Å²) >= 11 is 0. The number of aliphatic hydroxyl groups is 1. The molecule has 1 aromatic heterocycles. The molecule has 1 heterocycles. The second-order valence-corrected chi connectivity index (χ2v) is 8.70. The summed E-state index contributed by atoms with van der Waals surface area (Å²) in [5.74, 6) is 0.200. The summed E-state index contributed by atoms with van der Waals surface area (Å²) in [5, 5.41) is 18.6. The molecule has 0 fully saturated rings. The second kappa shape index (κ2) is 9.00. The average molecular weight is 434 g/mol. The Morgan fingerprint density at radius 1 is 1.23 bits per heavy atom. The predicted molar refractivity (Wildman–Crippen MR) is 110 cm³/mol. The van der Waals surface area contributed by atoms with Crippen molar-refractivity contribution >= 4 is 10.0 Å². The molecule has 0 aliphatic carbocycles. The standard InChI is InChI=1S/C20H24FN5O3S/c1-14-4-3-5-15(10-14)11-20-23-19(13-25(2)8-9-27)24-26(20)18-7-6-16(12-17(18)21)30(22,28)29/h3-7,10,12,27H,8-9,11,13H2,1-2H3,(H2,22,28,29). The van der Waals surface area contributed by atoms with Gasteiger partial charge in [-0.2, -0.15) is 0 Å². The highest BCUT2D eigenvalue weighted by Crippen LogP contribution is 2.20. The van der Waals surface area contributed by atoms with E-state index in [1.807, 2.05) is 43.1 Å². The lowest BCUT2D eigenvalue weighted by molar-refractivity contribution is 0.214. The van der Waals surface area contributed by atoms with E-state index in [0.29, 0.717) is 31.2 Å². The Hall–Kier alpha value is -2.66. The third-order valence-electron chi connectivity index (χ3n) is 4.53. The van der Waals surface area contributed by atoms with Crippen molar-refractivity contribution in [2.45, 2.75) is 24.8 Å². The van der Waals surface area contributed by atoms with Crippen LogP contribution in [0.1, 0.15) is 22.8 Å². The summed E-state index contributed by atoms with van der Waals surface area (Å²) in [6.45, 7) is 2.79. The first kappa shape index (κ1) is 22.0. The minimum atomic E-state index is -4.02. The van der Waals surface area contributed by atoms with E-state index in [1.54, 1.807) is 0 Å². The number of nitrogens with two attached hydrogens (primary N) is 1. The fraction of sp³-hybridized carbons (Fsp3) is 0.300. The summed E-state index contributed by atoms with van der Waals surface area (Å²) < 4.78 is 39.2. The minimum absolute atomic E-state index is 0.00297. The topological polar surface area (TPSA) is 114 Å². The van der Waals surface area contributed by atoms with Gasteiger partial charge in [0.25, 0.3) is 0 Å². The Morgan fingerprint density at radius 3 is 2.63 bits per heavy atom. The first-order chi connectivity index (χ1) is 14.2. The van der Waals surface area contributed by atoms with E-state index in [9.17, 15) is 12.8 Å². The highest BCUT2D eigenvalue weighted by molar-refractivity contribution is 7.89. The Bertz CT molecular complexity index is 1150. The Balaban J connectivity index is 2.04. The minimum Gasteiger partial charge on any atom is -0.395 e. The molecule has 160 valence electrons. The fourth-order valence-electron chi connectivity index (χ4n) is 3.10. The van der Waals surface area contributed by atoms with Crippen molar-refractivity contribution in [1.29, 1.82) is 0 Å². The molecule has 3 rings (SSSR count). The van der Waals surface area contributed by atoms with Crippen LogP contribution < -0.4 is 5.14 Å². The van der Waals surface area contributed by atoms with Crippen LogP contribution in [0.15, 0.2) is 47.4 Å². The molecule has 10 heteroatoms. The molecule has 0 radical (unpaired) electrons. The van der Waals surface area contributed by atoms with E-state index in [0.717, 1.165) is 17.2 Å². The molecular weight excluding hydrogens is 409 g/mol. The third-order valence-corrected chi connectivity index (χ3v) is 5.44. The van der Waals surface area contributed by atoms with Gasteiger partial charge in [0, 0.05) is 13.0 Å². The zero-order chi connectivity index (χ0) is 21.9. The Morgan fingerprint density at radius 2 is 2.00 bits per heavy atom. The Labute approximate surface area is 174 Å². The number of hydrogen-bond acceptors (Lipinski definition) is 6. The van der Waals surface area contributed by atoms with Gasteiger partial charge >= 0.3 is 0 Å². The summed E-state index contributed by atoms with van der Waals surface area (Å²) in [6.07, 6.45) is 0.411. The van der Waals surface area contributed by atoms with Crippen LogP contribution >= 0.6 is 0 Å². The van der Waals surface area contributed by atoms with E-state index < -0.39 is 15.8 Å². The number of rotatable bonds is 8. The number of aromatic nitrogens is 3. The first-order valence-electron chi connectivity index (χ1n) is 9.30. The lowest BCUT2D eigenvalue weighted by Crippen LogP contribution is -2.22. The van der Waals surface area contributed by atoms with Crippen molar-refractivity contribution in [1.82, 2.24) is 19.7 Å². The van der Waals surface area contributed by atoms with Gasteiger partial charge in [-0.3, -0.25) is 4.90 Å². The number of aryl methyl sites for hydroxylation is 1. The third kappa shape index (κ3) is 5.28. The van der Waals surface area contributed by atoms with Crippen LogP contribution in [0.4, 0.5) is 4.39 Å². The van der Waals surface area contributed by atoms with Gasteiger partial charge in [0.2, 0.25) is 10.0 Å². The largest absolute Gasteiger partial charge is 0.395 e. The van der Waals surface area contributed by atoms with Gasteiger partial charge < -0.3 is 5.11 Å². The van der Waals surface area contributed by atoms with Gasteiger partial charge in [0.15, 0.2) is 5.82 Å². The monoisotopic (exact) mass is 433 g/mol. The highest BCUT2D eigenvalue weighted by atomic mass is 32.2. The molecule has 0 bridgehead atoms. The normalized spacial score (nSPS) is 11.9. The maximum Gasteiger partial charge on any atom is 0.238 e.